The summed E-state index contributed by atoms with van der Waals surface area (Å²) in [5, 5.41) is 4.31. The van der Waals surface area contributed by atoms with Crippen molar-refractivity contribution in [3.05, 3.63) is 48.0 Å². The van der Waals surface area contributed by atoms with Crippen LogP contribution in [0.25, 0.3) is 5.69 Å². The van der Waals surface area contributed by atoms with Crippen LogP contribution in [-0.4, -0.2) is 58.0 Å². The van der Waals surface area contributed by atoms with E-state index in [4.69, 9.17) is 4.74 Å². The summed E-state index contributed by atoms with van der Waals surface area (Å²) in [7, 11) is 0. The van der Waals surface area contributed by atoms with Crippen LogP contribution in [0, 0.1) is 5.82 Å². The summed E-state index contributed by atoms with van der Waals surface area (Å²) < 4.78 is 20.1. The van der Waals surface area contributed by atoms with Gasteiger partial charge in [0.2, 0.25) is 0 Å². The second kappa shape index (κ2) is 5.66. The van der Waals surface area contributed by atoms with Crippen LogP contribution in [0.1, 0.15) is 5.56 Å². The van der Waals surface area contributed by atoms with Gasteiger partial charge in [-0.15, -0.1) is 0 Å². The van der Waals surface area contributed by atoms with Gasteiger partial charge in [0.15, 0.2) is 0 Å². The van der Waals surface area contributed by atoms with Crippen LogP contribution in [0.15, 0.2) is 36.7 Å². The van der Waals surface area contributed by atoms with E-state index in [0.29, 0.717) is 18.8 Å². The Balaban J connectivity index is 1.43. The van der Waals surface area contributed by atoms with Gasteiger partial charge in [-0.2, -0.15) is 5.10 Å². The summed E-state index contributed by atoms with van der Waals surface area (Å²) in [6.45, 7) is 3.54. The van der Waals surface area contributed by atoms with Gasteiger partial charge in [0, 0.05) is 37.9 Å². The summed E-state index contributed by atoms with van der Waals surface area (Å²) in [6, 6.07) is 6.51. The lowest BCUT2D eigenvalue weighted by Crippen LogP contribution is -2.51. The van der Waals surface area contributed by atoms with Gasteiger partial charge in [-0.3, -0.25) is 9.80 Å². The number of halogens is 1. The van der Waals surface area contributed by atoms with E-state index >= 15 is 0 Å². The summed E-state index contributed by atoms with van der Waals surface area (Å²) >= 11 is 0. The maximum atomic E-state index is 13.3. The van der Waals surface area contributed by atoms with Crippen molar-refractivity contribution < 1.29 is 13.9 Å². The molecule has 7 heteroatoms. The van der Waals surface area contributed by atoms with Crippen molar-refractivity contribution >= 4 is 6.09 Å². The minimum Gasteiger partial charge on any atom is -0.447 e. The SMILES string of the molecule is O=C1OCC2CN(Cc3cnn(-c4cccc(F)c4)c3)CCN12. The number of carbonyl (C=O) groups is 1. The van der Waals surface area contributed by atoms with Gasteiger partial charge in [0.05, 0.1) is 17.9 Å². The monoisotopic (exact) mass is 316 g/mol. The summed E-state index contributed by atoms with van der Waals surface area (Å²) in [4.78, 5) is 15.6. The number of ether oxygens (including phenoxy) is 1. The molecule has 2 aliphatic rings. The van der Waals surface area contributed by atoms with Crippen molar-refractivity contribution in [3.63, 3.8) is 0 Å². The number of nitrogens with zero attached hydrogens (tertiary/aromatic N) is 4. The fourth-order valence-electron chi connectivity index (χ4n) is 3.16. The third-order valence-electron chi connectivity index (χ3n) is 4.32. The molecule has 1 atom stereocenters. The Morgan fingerprint density at radius 3 is 3.13 bits per heavy atom. The predicted molar refractivity (Wildman–Crippen MR) is 80.6 cm³/mol. The number of hydrogen-bond donors (Lipinski definition) is 0. The van der Waals surface area contributed by atoms with Crippen molar-refractivity contribution in [2.75, 3.05) is 26.2 Å². The molecule has 3 heterocycles. The number of fused-ring (bicyclic) bond motifs is 1. The molecule has 4 rings (SSSR count). The Morgan fingerprint density at radius 1 is 1.35 bits per heavy atom. The molecule has 0 N–H and O–H groups in total. The molecule has 2 aromatic rings. The van der Waals surface area contributed by atoms with Gasteiger partial charge in [0.25, 0.3) is 0 Å². The average molecular weight is 316 g/mol. The molecule has 1 aromatic heterocycles. The predicted octanol–water partition coefficient (Wildman–Crippen LogP) is 1.65. The number of amides is 1. The molecule has 0 radical (unpaired) electrons. The highest BCUT2D eigenvalue weighted by atomic mass is 19.1. The largest absolute Gasteiger partial charge is 0.447 e. The van der Waals surface area contributed by atoms with E-state index in [1.54, 1.807) is 21.8 Å². The molecule has 1 unspecified atom stereocenters. The zero-order valence-corrected chi connectivity index (χ0v) is 12.6. The molecule has 1 amide bonds. The maximum absolute atomic E-state index is 13.3. The van der Waals surface area contributed by atoms with Crippen molar-refractivity contribution in [1.82, 2.24) is 19.6 Å². The van der Waals surface area contributed by atoms with Gasteiger partial charge in [0.1, 0.15) is 12.4 Å². The first-order chi connectivity index (χ1) is 11.2. The van der Waals surface area contributed by atoms with Gasteiger partial charge in [-0.05, 0) is 18.2 Å². The van der Waals surface area contributed by atoms with Crippen LogP contribution >= 0.6 is 0 Å². The maximum Gasteiger partial charge on any atom is 0.410 e. The lowest BCUT2D eigenvalue weighted by molar-refractivity contribution is 0.115. The summed E-state index contributed by atoms with van der Waals surface area (Å²) in [5.41, 5.74) is 1.77. The molecule has 2 saturated heterocycles. The van der Waals surface area contributed by atoms with E-state index in [0.717, 1.165) is 25.2 Å². The minimum atomic E-state index is -0.276. The number of benzene rings is 1. The second-order valence-electron chi connectivity index (χ2n) is 5.93. The molecule has 0 aliphatic carbocycles. The molecule has 0 saturated carbocycles. The fourth-order valence-corrected chi connectivity index (χ4v) is 3.16. The summed E-state index contributed by atoms with van der Waals surface area (Å²) in [5.74, 6) is -0.276. The van der Waals surface area contributed by atoms with Crippen molar-refractivity contribution in [3.8, 4) is 5.69 Å². The first-order valence-corrected chi connectivity index (χ1v) is 7.64. The molecular formula is C16H17FN4O2. The Kier molecular flexibility index (Phi) is 3.49. The quantitative estimate of drug-likeness (QED) is 0.864. The number of hydrogen-bond acceptors (Lipinski definition) is 4. The Bertz CT molecular complexity index is 732. The van der Waals surface area contributed by atoms with E-state index in [9.17, 15) is 9.18 Å². The highest BCUT2D eigenvalue weighted by molar-refractivity contribution is 5.70. The lowest BCUT2D eigenvalue weighted by atomic mass is 10.2. The van der Waals surface area contributed by atoms with E-state index < -0.39 is 0 Å². The molecule has 2 fully saturated rings. The lowest BCUT2D eigenvalue weighted by Gasteiger charge is -2.35. The molecule has 120 valence electrons. The number of carbonyl (C=O) groups excluding carboxylic acids is 1. The fraction of sp³-hybridized carbons (Fsp3) is 0.375. The molecule has 23 heavy (non-hydrogen) atoms. The second-order valence-corrected chi connectivity index (χ2v) is 5.93. The Morgan fingerprint density at radius 2 is 2.26 bits per heavy atom. The van der Waals surface area contributed by atoms with E-state index in [1.807, 2.05) is 12.3 Å². The Hall–Kier alpha value is -2.41. The number of aromatic nitrogens is 2. The topological polar surface area (TPSA) is 50.6 Å². The Labute approximate surface area is 133 Å². The zero-order chi connectivity index (χ0) is 15.8. The van der Waals surface area contributed by atoms with Crippen molar-refractivity contribution in [1.29, 1.82) is 0 Å². The normalized spacial score (nSPS) is 21.3. The number of cyclic esters (lactones) is 1. The minimum absolute atomic E-state index is 0.148. The smallest absolute Gasteiger partial charge is 0.410 e. The number of rotatable bonds is 3. The zero-order valence-electron chi connectivity index (χ0n) is 12.6. The molecule has 0 bridgehead atoms. The van der Waals surface area contributed by atoms with Crippen LogP contribution in [0.3, 0.4) is 0 Å². The highest BCUT2D eigenvalue weighted by Crippen LogP contribution is 2.19. The summed E-state index contributed by atoms with van der Waals surface area (Å²) in [6.07, 6.45) is 3.51. The van der Waals surface area contributed by atoms with Gasteiger partial charge in [-0.25, -0.2) is 13.9 Å². The third-order valence-corrected chi connectivity index (χ3v) is 4.32. The molecular weight excluding hydrogens is 299 g/mol. The van der Waals surface area contributed by atoms with E-state index in [-0.39, 0.29) is 18.0 Å². The van der Waals surface area contributed by atoms with Gasteiger partial charge >= 0.3 is 6.09 Å². The molecule has 6 nitrogen and oxygen atoms in total. The van der Waals surface area contributed by atoms with E-state index in [2.05, 4.69) is 10.00 Å². The average Bonchev–Trinajstić information content (AvgIpc) is 3.15. The first kappa shape index (κ1) is 14.2. The van der Waals surface area contributed by atoms with Crippen LogP contribution in [-0.2, 0) is 11.3 Å². The molecule has 0 spiro atoms. The highest BCUT2D eigenvalue weighted by Gasteiger charge is 2.37. The standard InChI is InChI=1S/C16H17FN4O2/c17-13-2-1-3-14(6-13)21-9-12(7-18-21)8-19-4-5-20-15(10-19)11-23-16(20)22/h1-3,6-7,9,15H,4-5,8,10-11H2. The molecule has 1 aromatic carbocycles. The van der Waals surface area contributed by atoms with Crippen LogP contribution < -0.4 is 0 Å². The van der Waals surface area contributed by atoms with Gasteiger partial charge < -0.3 is 4.74 Å². The first-order valence-electron chi connectivity index (χ1n) is 7.64. The van der Waals surface area contributed by atoms with Crippen molar-refractivity contribution in [2.24, 2.45) is 0 Å². The third kappa shape index (κ3) is 2.79. The van der Waals surface area contributed by atoms with Crippen molar-refractivity contribution in [2.45, 2.75) is 12.6 Å². The van der Waals surface area contributed by atoms with Crippen LogP contribution in [0.4, 0.5) is 9.18 Å². The van der Waals surface area contributed by atoms with Crippen LogP contribution in [0.5, 0.6) is 0 Å². The number of piperazine rings is 1. The van der Waals surface area contributed by atoms with E-state index in [1.165, 1.54) is 12.1 Å². The molecule has 2 aliphatic heterocycles. The van der Waals surface area contributed by atoms with Crippen LogP contribution in [0.2, 0.25) is 0 Å². The van der Waals surface area contributed by atoms with Gasteiger partial charge in [-0.1, -0.05) is 6.07 Å².